The van der Waals surface area contributed by atoms with Crippen molar-refractivity contribution in [3.05, 3.63) is 47.5 Å². The normalized spacial score (nSPS) is 16.2. The number of aromatic nitrogens is 3. The Morgan fingerprint density at radius 2 is 2.06 bits per heavy atom. The number of hydrogen-bond donors (Lipinski definition) is 1. The molecule has 0 radical (unpaired) electrons. The fourth-order valence-corrected chi connectivity index (χ4v) is 1.99. The van der Waals surface area contributed by atoms with Crippen LogP contribution in [0.1, 0.15) is 18.7 Å². The van der Waals surface area contributed by atoms with Gasteiger partial charge in [-0.2, -0.15) is 5.10 Å². The van der Waals surface area contributed by atoms with Gasteiger partial charge in [0.1, 0.15) is 18.3 Å². The lowest BCUT2D eigenvalue weighted by Crippen LogP contribution is -2.35. The number of methoxy groups -OCH3 is 1. The van der Waals surface area contributed by atoms with Crippen molar-refractivity contribution < 1.29 is 9.84 Å². The lowest BCUT2D eigenvalue weighted by atomic mass is 9.94. The first-order valence-corrected chi connectivity index (χ1v) is 5.79. The summed E-state index contributed by atoms with van der Waals surface area (Å²) < 4.78 is 6.79. The SMILES string of the molecule is COC(n1cncn1)C(C)(O)c1ccc(Cl)cc1. The van der Waals surface area contributed by atoms with Crippen molar-refractivity contribution in [3.63, 3.8) is 0 Å². The Morgan fingerprint density at radius 3 is 2.56 bits per heavy atom. The minimum Gasteiger partial charge on any atom is -0.381 e. The Morgan fingerprint density at radius 1 is 1.39 bits per heavy atom. The highest BCUT2D eigenvalue weighted by Gasteiger charge is 2.36. The van der Waals surface area contributed by atoms with Gasteiger partial charge >= 0.3 is 0 Å². The highest BCUT2D eigenvalue weighted by molar-refractivity contribution is 6.30. The lowest BCUT2D eigenvalue weighted by molar-refractivity contribution is -0.133. The molecule has 18 heavy (non-hydrogen) atoms. The van der Waals surface area contributed by atoms with E-state index in [0.29, 0.717) is 10.6 Å². The van der Waals surface area contributed by atoms with Crippen molar-refractivity contribution in [1.82, 2.24) is 14.8 Å². The topological polar surface area (TPSA) is 60.2 Å². The van der Waals surface area contributed by atoms with E-state index < -0.39 is 11.8 Å². The average molecular weight is 268 g/mol. The molecule has 5 nitrogen and oxygen atoms in total. The quantitative estimate of drug-likeness (QED) is 0.920. The van der Waals surface area contributed by atoms with Gasteiger partial charge in [-0.25, -0.2) is 9.67 Å². The molecule has 2 rings (SSSR count). The van der Waals surface area contributed by atoms with E-state index in [1.807, 2.05) is 0 Å². The zero-order valence-corrected chi connectivity index (χ0v) is 10.9. The van der Waals surface area contributed by atoms with Gasteiger partial charge in [-0.05, 0) is 24.6 Å². The molecule has 1 heterocycles. The Bertz CT molecular complexity index is 497. The van der Waals surface area contributed by atoms with Gasteiger partial charge in [0, 0.05) is 12.1 Å². The molecule has 2 atom stereocenters. The standard InChI is InChI=1S/C12H14ClN3O2/c1-12(17,9-3-5-10(13)6-4-9)11(18-2)16-8-14-7-15-16/h3-8,11,17H,1-2H3. The number of hydrogen-bond acceptors (Lipinski definition) is 4. The van der Waals surface area contributed by atoms with Crippen LogP contribution in [0.4, 0.5) is 0 Å². The summed E-state index contributed by atoms with van der Waals surface area (Å²) in [6.07, 6.45) is 2.23. The fourth-order valence-electron chi connectivity index (χ4n) is 1.86. The van der Waals surface area contributed by atoms with Crippen LogP contribution in [0.2, 0.25) is 5.02 Å². The lowest BCUT2D eigenvalue weighted by Gasteiger charge is -2.31. The maximum atomic E-state index is 10.7. The molecule has 0 spiro atoms. The van der Waals surface area contributed by atoms with E-state index in [1.165, 1.54) is 24.4 Å². The Hall–Kier alpha value is -1.43. The first-order valence-electron chi connectivity index (χ1n) is 5.41. The van der Waals surface area contributed by atoms with E-state index in [0.717, 1.165) is 0 Å². The molecule has 0 aliphatic rings. The van der Waals surface area contributed by atoms with Crippen LogP contribution in [0.3, 0.4) is 0 Å². The summed E-state index contributed by atoms with van der Waals surface area (Å²) >= 11 is 5.83. The van der Waals surface area contributed by atoms with Gasteiger partial charge in [0.25, 0.3) is 0 Å². The molecule has 96 valence electrons. The van der Waals surface area contributed by atoms with E-state index >= 15 is 0 Å². The third kappa shape index (κ3) is 2.38. The largest absolute Gasteiger partial charge is 0.381 e. The van der Waals surface area contributed by atoms with Crippen LogP contribution in [-0.4, -0.2) is 27.0 Å². The molecule has 0 bridgehead atoms. The van der Waals surface area contributed by atoms with Crippen LogP contribution < -0.4 is 0 Å². The smallest absolute Gasteiger partial charge is 0.183 e. The number of aliphatic hydroxyl groups is 1. The number of ether oxygens (including phenoxy) is 1. The molecular weight excluding hydrogens is 254 g/mol. The maximum Gasteiger partial charge on any atom is 0.183 e. The van der Waals surface area contributed by atoms with Crippen LogP contribution in [0.15, 0.2) is 36.9 Å². The first kappa shape index (κ1) is 13.0. The highest BCUT2D eigenvalue weighted by atomic mass is 35.5. The molecule has 1 aromatic heterocycles. The van der Waals surface area contributed by atoms with Gasteiger partial charge in [0.15, 0.2) is 6.23 Å². The van der Waals surface area contributed by atoms with Crippen LogP contribution in [0, 0.1) is 0 Å². The molecular formula is C12H14ClN3O2. The van der Waals surface area contributed by atoms with Gasteiger partial charge in [0.05, 0.1) is 0 Å². The van der Waals surface area contributed by atoms with E-state index in [9.17, 15) is 5.11 Å². The van der Waals surface area contributed by atoms with Crippen molar-refractivity contribution in [2.24, 2.45) is 0 Å². The minimum atomic E-state index is -1.24. The van der Waals surface area contributed by atoms with Crippen molar-refractivity contribution in [2.45, 2.75) is 18.8 Å². The third-order valence-electron chi connectivity index (χ3n) is 2.81. The van der Waals surface area contributed by atoms with E-state index in [-0.39, 0.29) is 0 Å². The second-order valence-corrected chi connectivity index (χ2v) is 4.55. The van der Waals surface area contributed by atoms with Crippen LogP contribution in [0.5, 0.6) is 0 Å². The average Bonchev–Trinajstić information content (AvgIpc) is 2.84. The molecule has 0 aliphatic heterocycles. The predicted molar refractivity (Wildman–Crippen MR) is 67.1 cm³/mol. The molecule has 2 unspecified atom stereocenters. The molecule has 0 saturated carbocycles. The number of rotatable bonds is 4. The van der Waals surface area contributed by atoms with Crippen molar-refractivity contribution in [1.29, 1.82) is 0 Å². The third-order valence-corrected chi connectivity index (χ3v) is 3.06. The fraction of sp³-hybridized carbons (Fsp3) is 0.333. The minimum absolute atomic E-state index is 0.615. The van der Waals surface area contributed by atoms with Gasteiger partial charge in [-0.3, -0.25) is 0 Å². The molecule has 1 aromatic carbocycles. The van der Waals surface area contributed by atoms with E-state index in [2.05, 4.69) is 10.1 Å². The van der Waals surface area contributed by atoms with Crippen LogP contribution >= 0.6 is 11.6 Å². The zero-order chi connectivity index (χ0) is 13.2. The molecule has 0 fully saturated rings. The van der Waals surface area contributed by atoms with Crippen molar-refractivity contribution >= 4 is 11.6 Å². The number of halogens is 1. The van der Waals surface area contributed by atoms with E-state index in [4.69, 9.17) is 16.3 Å². The summed E-state index contributed by atoms with van der Waals surface area (Å²) in [5.41, 5.74) is -0.554. The second-order valence-electron chi connectivity index (χ2n) is 4.12. The van der Waals surface area contributed by atoms with Gasteiger partial charge in [0.2, 0.25) is 0 Å². The molecule has 1 N–H and O–H groups in total. The Labute approximate surface area is 110 Å². The molecule has 2 aromatic rings. The molecule has 0 saturated heterocycles. The zero-order valence-electron chi connectivity index (χ0n) is 10.1. The number of benzene rings is 1. The Kier molecular flexibility index (Phi) is 3.65. The summed E-state index contributed by atoms with van der Waals surface area (Å²) in [7, 11) is 1.51. The maximum absolute atomic E-state index is 10.7. The molecule has 0 amide bonds. The summed E-state index contributed by atoms with van der Waals surface area (Å²) in [4.78, 5) is 3.85. The van der Waals surface area contributed by atoms with Crippen molar-refractivity contribution in [2.75, 3.05) is 7.11 Å². The van der Waals surface area contributed by atoms with E-state index in [1.54, 1.807) is 31.2 Å². The predicted octanol–water partition coefficient (Wildman–Crippen LogP) is 1.98. The van der Waals surface area contributed by atoms with Crippen LogP contribution in [0.25, 0.3) is 0 Å². The summed E-state index contributed by atoms with van der Waals surface area (Å²) in [5.74, 6) is 0. The van der Waals surface area contributed by atoms with Gasteiger partial charge in [-0.15, -0.1) is 0 Å². The van der Waals surface area contributed by atoms with Crippen LogP contribution in [-0.2, 0) is 10.3 Å². The summed E-state index contributed by atoms with van der Waals surface area (Å²) in [5, 5.41) is 15.3. The summed E-state index contributed by atoms with van der Waals surface area (Å²) in [6, 6.07) is 6.95. The highest BCUT2D eigenvalue weighted by Crippen LogP contribution is 2.33. The van der Waals surface area contributed by atoms with Gasteiger partial charge in [-0.1, -0.05) is 23.7 Å². The molecule has 0 aliphatic carbocycles. The summed E-state index contributed by atoms with van der Waals surface area (Å²) in [6.45, 7) is 1.66. The molecule has 6 heteroatoms. The second kappa shape index (κ2) is 5.06. The van der Waals surface area contributed by atoms with Crippen molar-refractivity contribution in [3.8, 4) is 0 Å². The van der Waals surface area contributed by atoms with Gasteiger partial charge < -0.3 is 9.84 Å². The number of nitrogens with zero attached hydrogens (tertiary/aromatic N) is 3. The monoisotopic (exact) mass is 267 g/mol. The first-order chi connectivity index (χ1) is 8.55. The Balaban J connectivity index is 2.36.